The first kappa shape index (κ1) is 18.9. The van der Waals surface area contributed by atoms with Gasteiger partial charge in [-0.2, -0.15) is 17.9 Å². The Morgan fingerprint density at radius 2 is 1.60 bits per heavy atom. The highest BCUT2D eigenvalue weighted by molar-refractivity contribution is 7.89. The van der Waals surface area contributed by atoms with Crippen LogP contribution in [-0.4, -0.2) is 20.4 Å². The van der Waals surface area contributed by atoms with Gasteiger partial charge >= 0.3 is 6.18 Å². The third kappa shape index (κ3) is 4.80. The van der Waals surface area contributed by atoms with E-state index in [-0.39, 0.29) is 6.42 Å². The number of alkyl halides is 3. The standard InChI is InChI=1S/C16H15F3N2O3S/c17-16(18,19)12-8-4-5-9-14(12)25(23,24)21-13(15(20)22)10-11-6-2-1-3-7-11/h1-9,13,21H,10H2,(H2,20,22)/t13-/m1/s1. The van der Waals surface area contributed by atoms with Crippen molar-refractivity contribution in [3.8, 4) is 0 Å². The van der Waals surface area contributed by atoms with E-state index in [1.807, 2.05) is 4.72 Å². The molecule has 2 aromatic rings. The number of primary amides is 1. The number of hydrogen-bond acceptors (Lipinski definition) is 3. The number of sulfonamides is 1. The molecule has 5 nitrogen and oxygen atoms in total. The Kier molecular flexibility index (Phi) is 5.48. The highest BCUT2D eigenvalue weighted by Crippen LogP contribution is 2.33. The molecule has 0 fully saturated rings. The summed E-state index contributed by atoms with van der Waals surface area (Å²) in [5, 5.41) is 0. The molecule has 0 aliphatic carbocycles. The molecule has 0 aliphatic rings. The summed E-state index contributed by atoms with van der Waals surface area (Å²) in [4.78, 5) is 10.6. The molecule has 2 aromatic carbocycles. The summed E-state index contributed by atoms with van der Waals surface area (Å²) in [6.07, 6.45) is -4.93. The highest BCUT2D eigenvalue weighted by Gasteiger charge is 2.37. The molecule has 3 N–H and O–H groups in total. The topological polar surface area (TPSA) is 89.3 Å². The second kappa shape index (κ2) is 7.24. The third-order valence-corrected chi connectivity index (χ3v) is 4.94. The highest BCUT2D eigenvalue weighted by atomic mass is 32.2. The van der Waals surface area contributed by atoms with E-state index in [0.717, 1.165) is 12.1 Å². The maximum Gasteiger partial charge on any atom is 0.417 e. The van der Waals surface area contributed by atoms with Crippen LogP contribution in [-0.2, 0) is 27.4 Å². The number of carbonyl (C=O) groups is 1. The molecule has 2 rings (SSSR count). The summed E-state index contributed by atoms with van der Waals surface area (Å²) in [6, 6.07) is 10.7. The normalized spacial score (nSPS) is 13.4. The molecular weight excluding hydrogens is 357 g/mol. The molecule has 0 saturated carbocycles. The first-order valence-corrected chi connectivity index (χ1v) is 8.61. The van der Waals surface area contributed by atoms with Crippen molar-refractivity contribution in [1.82, 2.24) is 4.72 Å². The maximum absolute atomic E-state index is 13.0. The van der Waals surface area contributed by atoms with Gasteiger partial charge < -0.3 is 5.73 Å². The van der Waals surface area contributed by atoms with Crippen molar-refractivity contribution in [2.45, 2.75) is 23.5 Å². The Morgan fingerprint density at radius 3 is 2.16 bits per heavy atom. The zero-order chi connectivity index (χ0) is 18.7. The Morgan fingerprint density at radius 1 is 1.04 bits per heavy atom. The molecule has 0 spiro atoms. The van der Waals surface area contributed by atoms with Crippen LogP contribution in [0.5, 0.6) is 0 Å². The van der Waals surface area contributed by atoms with Crippen LogP contribution in [0.15, 0.2) is 59.5 Å². The van der Waals surface area contributed by atoms with Gasteiger partial charge in [-0.1, -0.05) is 42.5 Å². The fourth-order valence-corrected chi connectivity index (χ4v) is 3.67. The summed E-state index contributed by atoms with van der Waals surface area (Å²) >= 11 is 0. The zero-order valence-electron chi connectivity index (χ0n) is 12.8. The van der Waals surface area contributed by atoms with E-state index in [1.165, 1.54) is 6.07 Å². The average Bonchev–Trinajstić information content (AvgIpc) is 2.54. The summed E-state index contributed by atoms with van der Waals surface area (Å²) < 4.78 is 65.9. The first-order chi connectivity index (χ1) is 11.6. The number of nitrogens with one attached hydrogen (secondary N) is 1. The molecule has 0 unspecified atom stereocenters. The molecule has 0 heterocycles. The number of amides is 1. The second-order valence-corrected chi connectivity index (χ2v) is 6.94. The SMILES string of the molecule is NC(=O)[C@@H](Cc1ccccc1)NS(=O)(=O)c1ccccc1C(F)(F)F. The van der Waals surface area contributed by atoms with Crippen LogP contribution in [0, 0.1) is 0 Å². The van der Waals surface area contributed by atoms with Crippen molar-refractivity contribution < 1.29 is 26.4 Å². The molecule has 0 aromatic heterocycles. The lowest BCUT2D eigenvalue weighted by Gasteiger charge is -2.18. The van der Waals surface area contributed by atoms with Crippen LogP contribution in [0.4, 0.5) is 13.2 Å². The minimum absolute atomic E-state index is 0.0798. The van der Waals surface area contributed by atoms with E-state index in [2.05, 4.69) is 0 Å². The van der Waals surface area contributed by atoms with Crippen LogP contribution in [0.1, 0.15) is 11.1 Å². The van der Waals surface area contributed by atoms with Crippen LogP contribution < -0.4 is 10.5 Å². The van der Waals surface area contributed by atoms with Crippen molar-refractivity contribution in [3.05, 3.63) is 65.7 Å². The van der Waals surface area contributed by atoms with Crippen molar-refractivity contribution >= 4 is 15.9 Å². The summed E-state index contributed by atoms with van der Waals surface area (Å²) in [6.45, 7) is 0. The monoisotopic (exact) mass is 372 g/mol. The fraction of sp³-hybridized carbons (Fsp3) is 0.188. The maximum atomic E-state index is 13.0. The summed E-state index contributed by atoms with van der Waals surface area (Å²) in [5.74, 6) is -0.989. The molecule has 0 aliphatic heterocycles. The largest absolute Gasteiger partial charge is 0.417 e. The predicted molar refractivity (Wildman–Crippen MR) is 84.9 cm³/mol. The summed E-state index contributed by atoms with van der Waals surface area (Å²) in [7, 11) is -4.61. The fourth-order valence-electron chi connectivity index (χ4n) is 2.24. The Bertz CT molecular complexity index is 852. The van der Waals surface area contributed by atoms with E-state index >= 15 is 0 Å². The van der Waals surface area contributed by atoms with Gasteiger partial charge in [0.1, 0.15) is 6.04 Å². The lowest BCUT2D eigenvalue weighted by atomic mass is 10.1. The van der Waals surface area contributed by atoms with Gasteiger partial charge in [0, 0.05) is 0 Å². The van der Waals surface area contributed by atoms with E-state index in [0.29, 0.717) is 11.6 Å². The van der Waals surface area contributed by atoms with Crippen molar-refractivity contribution in [3.63, 3.8) is 0 Å². The van der Waals surface area contributed by atoms with Crippen molar-refractivity contribution in [2.24, 2.45) is 5.73 Å². The molecule has 0 radical (unpaired) electrons. The van der Waals surface area contributed by atoms with Crippen LogP contribution >= 0.6 is 0 Å². The molecule has 0 bridgehead atoms. The van der Waals surface area contributed by atoms with Crippen LogP contribution in [0.3, 0.4) is 0 Å². The van der Waals surface area contributed by atoms with E-state index in [9.17, 15) is 26.4 Å². The van der Waals surface area contributed by atoms with Crippen molar-refractivity contribution in [2.75, 3.05) is 0 Å². The Hall–Kier alpha value is -2.39. The van der Waals surface area contributed by atoms with Gasteiger partial charge in [-0.15, -0.1) is 0 Å². The van der Waals surface area contributed by atoms with Gasteiger partial charge in [0.05, 0.1) is 10.5 Å². The van der Waals surface area contributed by atoms with Gasteiger partial charge in [0.25, 0.3) is 0 Å². The van der Waals surface area contributed by atoms with Crippen molar-refractivity contribution in [1.29, 1.82) is 0 Å². The lowest BCUT2D eigenvalue weighted by Crippen LogP contribution is -2.46. The minimum Gasteiger partial charge on any atom is -0.368 e. The van der Waals surface area contributed by atoms with Gasteiger partial charge in [-0.3, -0.25) is 4.79 Å². The number of rotatable bonds is 6. The van der Waals surface area contributed by atoms with Gasteiger partial charge in [0.2, 0.25) is 15.9 Å². The number of carbonyl (C=O) groups excluding carboxylic acids is 1. The number of nitrogens with two attached hydrogens (primary N) is 1. The molecular formula is C16H15F3N2O3S. The summed E-state index contributed by atoms with van der Waals surface area (Å²) in [5.41, 5.74) is 4.50. The first-order valence-electron chi connectivity index (χ1n) is 7.13. The molecule has 9 heteroatoms. The molecule has 1 atom stereocenters. The molecule has 1 amide bonds. The lowest BCUT2D eigenvalue weighted by molar-refractivity contribution is -0.139. The van der Waals surface area contributed by atoms with Gasteiger partial charge in [0.15, 0.2) is 0 Å². The van der Waals surface area contributed by atoms with Gasteiger partial charge in [-0.25, -0.2) is 8.42 Å². The smallest absolute Gasteiger partial charge is 0.368 e. The molecule has 0 saturated heterocycles. The average molecular weight is 372 g/mol. The van der Waals surface area contributed by atoms with Gasteiger partial charge in [-0.05, 0) is 24.1 Å². The number of hydrogen-bond donors (Lipinski definition) is 2. The quantitative estimate of drug-likeness (QED) is 0.814. The third-order valence-electron chi connectivity index (χ3n) is 3.41. The van der Waals surface area contributed by atoms with E-state index in [4.69, 9.17) is 5.73 Å². The van der Waals surface area contributed by atoms with Crippen LogP contribution in [0.2, 0.25) is 0 Å². The zero-order valence-corrected chi connectivity index (χ0v) is 13.6. The number of benzene rings is 2. The van der Waals surface area contributed by atoms with Crippen LogP contribution in [0.25, 0.3) is 0 Å². The molecule has 134 valence electrons. The second-order valence-electron chi connectivity index (χ2n) is 5.26. The Balaban J connectivity index is 2.35. The minimum atomic E-state index is -4.85. The van der Waals surface area contributed by atoms with E-state index in [1.54, 1.807) is 30.3 Å². The Labute approximate surface area is 142 Å². The molecule has 25 heavy (non-hydrogen) atoms. The predicted octanol–water partition coefficient (Wildman–Crippen LogP) is 2.08. The number of halogens is 3. The van der Waals surface area contributed by atoms with E-state index < -0.39 is 38.6 Å².